The highest BCUT2D eigenvalue weighted by Gasteiger charge is 2.06. The van der Waals surface area contributed by atoms with E-state index in [9.17, 15) is 0 Å². The summed E-state index contributed by atoms with van der Waals surface area (Å²) in [7, 11) is 0. The number of benzene rings is 3. The lowest BCUT2D eigenvalue weighted by Crippen LogP contribution is -2.04. The van der Waals surface area contributed by atoms with Crippen LogP contribution in [0.25, 0.3) is 11.1 Å². The lowest BCUT2D eigenvalue weighted by molar-refractivity contribution is 0.290. The Hall–Kier alpha value is -3.51. The van der Waals surface area contributed by atoms with Crippen LogP contribution in [0.2, 0.25) is 0 Å². The summed E-state index contributed by atoms with van der Waals surface area (Å²) >= 11 is 5.28. The van der Waals surface area contributed by atoms with E-state index in [4.69, 9.17) is 17.0 Å². The van der Waals surface area contributed by atoms with Gasteiger partial charge in [-0.3, -0.25) is 0 Å². The molecule has 0 spiro atoms. The second-order valence-electron chi connectivity index (χ2n) is 6.09. The summed E-state index contributed by atoms with van der Waals surface area (Å²) in [5.74, 6) is 1.37. The molecule has 3 aromatic carbocycles. The number of nitrogens with zero attached hydrogens (tertiary/aromatic N) is 3. The van der Waals surface area contributed by atoms with Crippen molar-refractivity contribution in [3.63, 3.8) is 0 Å². The summed E-state index contributed by atoms with van der Waals surface area (Å²) in [6.45, 7) is 0.265. The van der Waals surface area contributed by atoms with Crippen molar-refractivity contribution in [3.05, 3.63) is 101 Å². The van der Waals surface area contributed by atoms with Crippen LogP contribution in [0.1, 0.15) is 11.4 Å². The Morgan fingerprint density at radius 1 is 0.893 bits per heavy atom. The first-order valence-electron chi connectivity index (χ1n) is 8.83. The van der Waals surface area contributed by atoms with Gasteiger partial charge in [0.25, 0.3) is 0 Å². The molecule has 0 amide bonds. The highest BCUT2D eigenvalue weighted by atomic mass is 32.1. The third-order valence-corrected chi connectivity index (χ3v) is 4.43. The molecule has 1 heterocycles. The van der Waals surface area contributed by atoms with Crippen LogP contribution in [-0.2, 0) is 6.61 Å². The van der Waals surface area contributed by atoms with Gasteiger partial charge in [0.1, 0.15) is 12.4 Å². The predicted molar refractivity (Wildman–Crippen MR) is 113 cm³/mol. The van der Waals surface area contributed by atoms with Gasteiger partial charge in [-0.05, 0) is 41.0 Å². The van der Waals surface area contributed by atoms with E-state index in [1.54, 1.807) is 10.9 Å². The number of nitrogens with one attached hydrogen (secondary N) is 1. The van der Waals surface area contributed by atoms with Gasteiger partial charge < -0.3 is 4.74 Å². The van der Waals surface area contributed by atoms with Crippen LogP contribution < -0.4 is 4.74 Å². The molecule has 1 aromatic heterocycles. The van der Waals surface area contributed by atoms with Gasteiger partial charge >= 0.3 is 0 Å². The number of para-hydroxylation sites is 1. The topological polar surface area (TPSA) is 55.2 Å². The molecule has 138 valence electrons. The number of aromatic nitrogens is 3. The van der Waals surface area contributed by atoms with Crippen LogP contribution in [0.5, 0.6) is 5.75 Å². The average molecular weight is 386 g/mol. The van der Waals surface area contributed by atoms with E-state index in [0.29, 0.717) is 10.6 Å². The van der Waals surface area contributed by atoms with Gasteiger partial charge in [-0.15, -0.1) is 0 Å². The first-order chi connectivity index (χ1) is 13.8. The lowest BCUT2D eigenvalue weighted by Gasteiger charge is -2.05. The van der Waals surface area contributed by atoms with Crippen LogP contribution in [-0.4, -0.2) is 21.1 Å². The summed E-state index contributed by atoms with van der Waals surface area (Å²) in [6, 6.07) is 28.0. The molecule has 4 rings (SSSR count). The quantitative estimate of drug-likeness (QED) is 0.372. The summed E-state index contributed by atoms with van der Waals surface area (Å²) in [6.07, 6.45) is 1.76. The van der Waals surface area contributed by atoms with Gasteiger partial charge in [-0.2, -0.15) is 14.9 Å². The Kier molecular flexibility index (Phi) is 5.40. The van der Waals surface area contributed by atoms with Crippen molar-refractivity contribution in [3.8, 4) is 16.9 Å². The van der Waals surface area contributed by atoms with Gasteiger partial charge in [-0.25, -0.2) is 5.10 Å². The van der Waals surface area contributed by atoms with E-state index in [2.05, 4.69) is 39.6 Å². The maximum absolute atomic E-state index is 5.74. The zero-order chi connectivity index (χ0) is 19.2. The van der Waals surface area contributed by atoms with Crippen molar-refractivity contribution in [1.29, 1.82) is 0 Å². The maximum atomic E-state index is 5.74. The standard InChI is InChI=1S/C22H18N4OS/c28-22-25-24-21(16-27-20-9-5-2-6-10-20)26(22)23-15-17-11-13-19(14-12-17)18-7-3-1-4-8-18/h1-15H,16H2,(H,25,28). The smallest absolute Gasteiger partial charge is 0.216 e. The molecule has 0 unspecified atom stereocenters. The molecule has 0 atom stereocenters. The molecular weight excluding hydrogens is 368 g/mol. The minimum atomic E-state index is 0.265. The number of rotatable bonds is 6. The Morgan fingerprint density at radius 3 is 2.25 bits per heavy atom. The molecule has 0 radical (unpaired) electrons. The molecule has 0 saturated heterocycles. The number of aromatic amines is 1. The number of ether oxygens (including phenoxy) is 1. The highest BCUT2D eigenvalue weighted by Crippen LogP contribution is 2.18. The SMILES string of the molecule is S=c1[nH]nc(COc2ccccc2)n1N=Cc1ccc(-c2ccccc2)cc1. The third-order valence-electron chi connectivity index (χ3n) is 4.17. The molecule has 4 aromatic rings. The molecule has 28 heavy (non-hydrogen) atoms. The first kappa shape index (κ1) is 17.9. The molecule has 1 N–H and O–H groups in total. The summed E-state index contributed by atoms with van der Waals surface area (Å²) in [5, 5.41) is 11.4. The van der Waals surface area contributed by atoms with E-state index in [1.165, 1.54) is 5.56 Å². The molecule has 6 heteroatoms. The van der Waals surface area contributed by atoms with Gasteiger partial charge in [0.2, 0.25) is 4.77 Å². The minimum Gasteiger partial charge on any atom is -0.486 e. The fraction of sp³-hybridized carbons (Fsp3) is 0.0455. The zero-order valence-corrected chi connectivity index (χ0v) is 15.8. The molecule has 0 bridgehead atoms. The van der Waals surface area contributed by atoms with E-state index < -0.39 is 0 Å². The second kappa shape index (κ2) is 8.45. The normalized spacial score (nSPS) is 11.0. The van der Waals surface area contributed by atoms with Crippen molar-refractivity contribution in [2.45, 2.75) is 6.61 Å². The average Bonchev–Trinajstić information content (AvgIpc) is 3.12. The largest absolute Gasteiger partial charge is 0.486 e. The van der Waals surface area contributed by atoms with Crippen LogP contribution in [0.3, 0.4) is 0 Å². The summed E-state index contributed by atoms with van der Waals surface area (Å²) < 4.78 is 7.73. The fourth-order valence-corrected chi connectivity index (χ4v) is 2.92. The van der Waals surface area contributed by atoms with Gasteiger partial charge in [-0.1, -0.05) is 72.8 Å². The van der Waals surface area contributed by atoms with E-state index in [0.717, 1.165) is 16.9 Å². The monoisotopic (exact) mass is 386 g/mol. The number of hydrogen-bond acceptors (Lipinski definition) is 4. The third kappa shape index (κ3) is 4.24. The van der Waals surface area contributed by atoms with Crippen molar-refractivity contribution < 1.29 is 4.74 Å². The number of H-pyrrole nitrogens is 1. The number of hydrogen-bond donors (Lipinski definition) is 1. The van der Waals surface area contributed by atoms with Gasteiger partial charge in [0, 0.05) is 0 Å². The Balaban J connectivity index is 1.49. The van der Waals surface area contributed by atoms with Gasteiger partial charge in [0.15, 0.2) is 5.82 Å². The fourth-order valence-electron chi connectivity index (χ4n) is 2.72. The summed E-state index contributed by atoms with van der Waals surface area (Å²) in [4.78, 5) is 0. The van der Waals surface area contributed by atoms with E-state index in [1.807, 2.05) is 60.7 Å². The summed E-state index contributed by atoms with van der Waals surface area (Å²) in [5.41, 5.74) is 3.32. The first-order valence-corrected chi connectivity index (χ1v) is 9.24. The maximum Gasteiger partial charge on any atom is 0.216 e. The second-order valence-corrected chi connectivity index (χ2v) is 6.48. The van der Waals surface area contributed by atoms with Crippen molar-refractivity contribution in [2.75, 3.05) is 0 Å². The molecule has 5 nitrogen and oxygen atoms in total. The molecule has 0 saturated carbocycles. The molecule has 0 aliphatic rings. The Bertz CT molecular complexity index is 1120. The van der Waals surface area contributed by atoms with Gasteiger partial charge in [0.05, 0.1) is 6.21 Å². The highest BCUT2D eigenvalue weighted by molar-refractivity contribution is 7.71. The van der Waals surface area contributed by atoms with Crippen molar-refractivity contribution in [1.82, 2.24) is 14.9 Å². The van der Waals surface area contributed by atoms with E-state index >= 15 is 0 Å². The van der Waals surface area contributed by atoms with Crippen LogP contribution in [0, 0.1) is 4.77 Å². The molecule has 0 aliphatic heterocycles. The van der Waals surface area contributed by atoms with Crippen molar-refractivity contribution >= 4 is 18.4 Å². The minimum absolute atomic E-state index is 0.265. The van der Waals surface area contributed by atoms with Crippen LogP contribution in [0.15, 0.2) is 90.0 Å². The predicted octanol–water partition coefficient (Wildman–Crippen LogP) is 5.07. The Labute approximate surface area is 167 Å². The van der Waals surface area contributed by atoms with Crippen LogP contribution in [0.4, 0.5) is 0 Å². The Morgan fingerprint density at radius 2 is 1.54 bits per heavy atom. The molecular formula is C22H18N4OS. The molecule has 0 fully saturated rings. The zero-order valence-electron chi connectivity index (χ0n) is 15.0. The molecule has 0 aliphatic carbocycles. The van der Waals surface area contributed by atoms with Crippen LogP contribution >= 0.6 is 12.2 Å². The van der Waals surface area contributed by atoms with E-state index in [-0.39, 0.29) is 6.61 Å². The van der Waals surface area contributed by atoms with Crippen molar-refractivity contribution in [2.24, 2.45) is 5.10 Å². The lowest BCUT2D eigenvalue weighted by atomic mass is 10.0.